The van der Waals surface area contributed by atoms with Crippen LogP contribution in [-0.4, -0.2) is 53.0 Å². The van der Waals surface area contributed by atoms with E-state index in [0.717, 1.165) is 5.56 Å². The summed E-state index contributed by atoms with van der Waals surface area (Å²) in [5, 5.41) is 4.35. The van der Waals surface area contributed by atoms with Gasteiger partial charge in [-0.3, -0.25) is 9.59 Å². The molecule has 1 aromatic heterocycles. The number of ether oxygens (including phenoxy) is 2. The number of morpholine rings is 1. The molecule has 138 valence electrons. The van der Waals surface area contributed by atoms with E-state index in [9.17, 15) is 9.59 Å². The Bertz CT molecular complexity index is 867. The summed E-state index contributed by atoms with van der Waals surface area (Å²) in [6.45, 7) is 6.68. The lowest BCUT2D eigenvalue weighted by atomic mass is 10.2. The van der Waals surface area contributed by atoms with E-state index in [1.165, 1.54) is 17.9 Å². The number of amides is 1. The van der Waals surface area contributed by atoms with Crippen molar-refractivity contribution >= 4 is 5.91 Å². The van der Waals surface area contributed by atoms with Crippen molar-refractivity contribution in [2.24, 2.45) is 0 Å². The first-order valence-electron chi connectivity index (χ1n) is 8.59. The first-order valence-corrected chi connectivity index (χ1v) is 8.59. The van der Waals surface area contributed by atoms with E-state index in [-0.39, 0.29) is 35.1 Å². The van der Waals surface area contributed by atoms with Crippen molar-refractivity contribution in [3.63, 3.8) is 0 Å². The first-order chi connectivity index (χ1) is 12.4. The highest BCUT2D eigenvalue weighted by molar-refractivity contribution is 5.95. The molecule has 3 rings (SSSR count). The molecule has 1 fully saturated rings. The zero-order valence-electron chi connectivity index (χ0n) is 15.4. The maximum absolute atomic E-state index is 13.1. The molecule has 1 amide bonds. The standard InChI is InChI=1S/C19H23N3O4/c1-12-7-5-6-8-15(12)22-17(23)9-16(25-4)18(20-22)19(24)21-10-13(2)26-14(3)11-21/h5-9,13-14H,10-11H2,1-4H3. The Labute approximate surface area is 152 Å². The number of methoxy groups -OCH3 is 1. The molecule has 0 bridgehead atoms. The van der Waals surface area contributed by atoms with Crippen LogP contribution in [0.15, 0.2) is 35.1 Å². The molecular weight excluding hydrogens is 334 g/mol. The van der Waals surface area contributed by atoms with Gasteiger partial charge in [0.05, 0.1) is 31.1 Å². The van der Waals surface area contributed by atoms with Gasteiger partial charge >= 0.3 is 0 Å². The maximum atomic E-state index is 13.1. The van der Waals surface area contributed by atoms with Crippen LogP contribution in [0.5, 0.6) is 5.75 Å². The molecule has 0 radical (unpaired) electrons. The fourth-order valence-electron chi connectivity index (χ4n) is 3.21. The average Bonchev–Trinajstić information content (AvgIpc) is 2.60. The number of rotatable bonds is 3. The quantitative estimate of drug-likeness (QED) is 0.837. The number of hydrogen-bond donors (Lipinski definition) is 0. The van der Waals surface area contributed by atoms with Gasteiger partial charge in [0.2, 0.25) is 0 Å². The molecule has 7 nitrogen and oxygen atoms in total. The number of benzene rings is 1. The fraction of sp³-hybridized carbons (Fsp3) is 0.421. The second-order valence-electron chi connectivity index (χ2n) is 6.57. The van der Waals surface area contributed by atoms with Crippen LogP contribution >= 0.6 is 0 Å². The van der Waals surface area contributed by atoms with Gasteiger partial charge in [0.25, 0.3) is 11.5 Å². The second-order valence-corrected chi connectivity index (χ2v) is 6.57. The molecule has 7 heteroatoms. The van der Waals surface area contributed by atoms with Crippen LogP contribution in [0.4, 0.5) is 0 Å². The van der Waals surface area contributed by atoms with Crippen LogP contribution in [0, 0.1) is 6.92 Å². The number of hydrogen-bond acceptors (Lipinski definition) is 5. The highest BCUT2D eigenvalue weighted by Crippen LogP contribution is 2.20. The highest BCUT2D eigenvalue weighted by Gasteiger charge is 2.30. The van der Waals surface area contributed by atoms with Gasteiger partial charge in [-0.05, 0) is 32.4 Å². The molecule has 2 atom stereocenters. The Morgan fingerprint density at radius 3 is 2.50 bits per heavy atom. The van der Waals surface area contributed by atoms with Crippen LogP contribution < -0.4 is 10.3 Å². The summed E-state index contributed by atoms with van der Waals surface area (Å²) in [5.41, 5.74) is 1.30. The molecule has 26 heavy (non-hydrogen) atoms. The van der Waals surface area contributed by atoms with Crippen molar-refractivity contribution in [3.8, 4) is 11.4 Å². The smallest absolute Gasteiger partial charge is 0.278 e. The summed E-state index contributed by atoms with van der Waals surface area (Å²) in [5.74, 6) is -0.0946. The van der Waals surface area contributed by atoms with Gasteiger partial charge in [-0.25, -0.2) is 0 Å². The zero-order chi connectivity index (χ0) is 18.8. The Balaban J connectivity index is 2.06. The normalized spacial score (nSPS) is 20.1. The van der Waals surface area contributed by atoms with Crippen molar-refractivity contribution in [1.82, 2.24) is 14.7 Å². The lowest BCUT2D eigenvalue weighted by molar-refractivity contribution is -0.0588. The third-order valence-electron chi connectivity index (χ3n) is 4.37. The summed E-state index contributed by atoms with van der Waals surface area (Å²) in [4.78, 5) is 27.2. The van der Waals surface area contributed by atoms with Gasteiger partial charge in [0.1, 0.15) is 0 Å². The molecule has 0 N–H and O–H groups in total. The molecule has 1 saturated heterocycles. The Morgan fingerprint density at radius 2 is 1.88 bits per heavy atom. The van der Waals surface area contributed by atoms with Gasteiger partial charge in [-0.15, -0.1) is 0 Å². The second kappa shape index (κ2) is 7.29. The molecule has 0 aliphatic carbocycles. The molecule has 1 aliphatic rings. The van der Waals surface area contributed by atoms with Crippen LogP contribution in [0.3, 0.4) is 0 Å². The van der Waals surface area contributed by atoms with Gasteiger partial charge in [-0.2, -0.15) is 9.78 Å². The van der Waals surface area contributed by atoms with Crippen molar-refractivity contribution in [2.75, 3.05) is 20.2 Å². The topological polar surface area (TPSA) is 73.7 Å². The zero-order valence-corrected chi connectivity index (χ0v) is 15.4. The summed E-state index contributed by atoms with van der Waals surface area (Å²) < 4.78 is 12.2. The minimum Gasteiger partial charge on any atom is -0.494 e. The highest BCUT2D eigenvalue weighted by atomic mass is 16.5. The molecule has 2 heterocycles. The lowest BCUT2D eigenvalue weighted by Crippen LogP contribution is -2.48. The van der Waals surface area contributed by atoms with Gasteiger partial charge in [0, 0.05) is 13.1 Å². The van der Waals surface area contributed by atoms with E-state index in [0.29, 0.717) is 18.8 Å². The predicted molar refractivity (Wildman–Crippen MR) is 97.0 cm³/mol. The first kappa shape index (κ1) is 18.1. The average molecular weight is 357 g/mol. The van der Waals surface area contributed by atoms with E-state index in [1.807, 2.05) is 39.0 Å². The SMILES string of the molecule is COc1cc(=O)n(-c2ccccc2C)nc1C(=O)N1CC(C)OC(C)C1. The van der Waals surface area contributed by atoms with Gasteiger partial charge in [0.15, 0.2) is 11.4 Å². The Morgan fingerprint density at radius 1 is 1.23 bits per heavy atom. The fourth-order valence-corrected chi connectivity index (χ4v) is 3.21. The van der Waals surface area contributed by atoms with Crippen LogP contribution in [-0.2, 0) is 4.74 Å². The molecular formula is C19H23N3O4. The molecule has 1 aliphatic heterocycles. The monoisotopic (exact) mass is 357 g/mol. The summed E-state index contributed by atoms with van der Waals surface area (Å²) in [6.07, 6.45) is -0.119. The van der Waals surface area contributed by atoms with Crippen LogP contribution in [0.2, 0.25) is 0 Å². The third-order valence-corrected chi connectivity index (χ3v) is 4.37. The van der Waals surface area contributed by atoms with E-state index >= 15 is 0 Å². The summed E-state index contributed by atoms with van der Waals surface area (Å²) in [7, 11) is 1.43. The predicted octanol–water partition coefficient (Wildman–Crippen LogP) is 1.80. The maximum Gasteiger partial charge on any atom is 0.278 e. The van der Waals surface area contributed by atoms with E-state index in [4.69, 9.17) is 9.47 Å². The number of aryl methyl sites for hydroxylation is 1. The van der Waals surface area contributed by atoms with E-state index < -0.39 is 0 Å². The number of carbonyl (C=O) groups excluding carboxylic acids is 1. The molecule has 0 spiro atoms. The largest absolute Gasteiger partial charge is 0.494 e. The molecule has 1 aromatic carbocycles. The minimum absolute atomic E-state index is 0.0593. The van der Waals surface area contributed by atoms with Crippen LogP contribution in [0.1, 0.15) is 29.9 Å². The van der Waals surface area contributed by atoms with Crippen molar-refractivity contribution in [3.05, 3.63) is 51.9 Å². The molecule has 2 unspecified atom stereocenters. The number of carbonyl (C=O) groups is 1. The van der Waals surface area contributed by atoms with E-state index in [2.05, 4.69) is 5.10 Å². The summed E-state index contributed by atoms with van der Waals surface area (Å²) in [6, 6.07) is 8.70. The minimum atomic E-state index is -0.351. The van der Waals surface area contributed by atoms with Gasteiger partial charge in [-0.1, -0.05) is 18.2 Å². The summed E-state index contributed by atoms with van der Waals surface area (Å²) >= 11 is 0. The van der Waals surface area contributed by atoms with Crippen molar-refractivity contribution in [2.45, 2.75) is 33.0 Å². The van der Waals surface area contributed by atoms with Crippen molar-refractivity contribution < 1.29 is 14.3 Å². The lowest BCUT2D eigenvalue weighted by Gasteiger charge is -2.35. The third kappa shape index (κ3) is 3.48. The van der Waals surface area contributed by atoms with Crippen LogP contribution in [0.25, 0.3) is 5.69 Å². The molecule has 2 aromatic rings. The Hall–Kier alpha value is -2.67. The van der Waals surface area contributed by atoms with E-state index in [1.54, 1.807) is 11.0 Å². The molecule has 0 saturated carbocycles. The number of nitrogens with zero attached hydrogens (tertiary/aromatic N) is 3. The number of aromatic nitrogens is 2. The number of para-hydroxylation sites is 1. The van der Waals surface area contributed by atoms with Crippen molar-refractivity contribution in [1.29, 1.82) is 0 Å². The Kier molecular flexibility index (Phi) is 5.08. The van der Waals surface area contributed by atoms with Gasteiger partial charge < -0.3 is 14.4 Å².